The molecule has 0 bridgehead atoms. The van der Waals surface area contributed by atoms with Gasteiger partial charge in [0.05, 0.1) is 22.4 Å². The van der Waals surface area contributed by atoms with Crippen molar-refractivity contribution in [2.45, 2.75) is 33.4 Å². The normalized spacial score (nSPS) is 10.8. The number of nitrogens with zero attached hydrogens (tertiary/aromatic N) is 2. The molecule has 0 aliphatic rings. The Kier molecular flexibility index (Phi) is 5.35. The third-order valence-electron chi connectivity index (χ3n) is 3.02. The van der Waals surface area contributed by atoms with Gasteiger partial charge >= 0.3 is 0 Å². The molecule has 0 radical (unpaired) electrons. The van der Waals surface area contributed by atoms with E-state index in [1.54, 1.807) is 6.07 Å². The van der Waals surface area contributed by atoms with Gasteiger partial charge in [-0.3, -0.25) is 4.68 Å². The summed E-state index contributed by atoms with van der Waals surface area (Å²) >= 11 is 15.6. The van der Waals surface area contributed by atoms with Crippen molar-refractivity contribution in [3.05, 3.63) is 44.1 Å². The zero-order chi connectivity index (χ0) is 14.7. The fourth-order valence-corrected chi connectivity index (χ4v) is 3.26. The van der Waals surface area contributed by atoms with E-state index in [1.807, 2.05) is 16.8 Å². The Morgan fingerprint density at radius 1 is 1.20 bits per heavy atom. The minimum absolute atomic E-state index is 0.623. The first kappa shape index (κ1) is 15.7. The maximum atomic E-state index is 6.00. The topological polar surface area (TPSA) is 29.9 Å². The fraction of sp³-hybridized carbons (Fsp3) is 0.357. The lowest BCUT2D eigenvalue weighted by Gasteiger charge is -2.09. The van der Waals surface area contributed by atoms with Crippen LogP contribution in [0.4, 0.5) is 5.69 Å². The summed E-state index contributed by atoms with van der Waals surface area (Å²) in [7, 11) is 0. The zero-order valence-electron chi connectivity index (χ0n) is 11.4. The minimum atomic E-state index is 0.623. The van der Waals surface area contributed by atoms with Gasteiger partial charge in [0, 0.05) is 22.3 Å². The average molecular weight is 377 g/mol. The quantitative estimate of drug-likeness (QED) is 0.782. The van der Waals surface area contributed by atoms with Crippen LogP contribution in [-0.2, 0) is 19.5 Å². The molecule has 6 heteroatoms. The summed E-state index contributed by atoms with van der Waals surface area (Å²) in [5.74, 6) is 0. The van der Waals surface area contributed by atoms with Crippen molar-refractivity contribution in [2.24, 2.45) is 0 Å². The first-order valence-electron chi connectivity index (χ1n) is 6.49. The van der Waals surface area contributed by atoms with Gasteiger partial charge < -0.3 is 5.32 Å². The van der Waals surface area contributed by atoms with Gasteiger partial charge in [0.15, 0.2) is 0 Å². The van der Waals surface area contributed by atoms with Crippen molar-refractivity contribution in [3.8, 4) is 0 Å². The Bertz CT molecular complexity index is 590. The Hall–Kier alpha value is -0.710. The summed E-state index contributed by atoms with van der Waals surface area (Å²) in [6, 6.07) is 5.43. The number of aryl methyl sites for hydroxylation is 2. The third kappa shape index (κ3) is 3.48. The van der Waals surface area contributed by atoms with Crippen molar-refractivity contribution < 1.29 is 0 Å². The number of benzene rings is 1. The van der Waals surface area contributed by atoms with Crippen LogP contribution in [0, 0.1) is 0 Å². The van der Waals surface area contributed by atoms with Gasteiger partial charge in [0.1, 0.15) is 0 Å². The highest BCUT2D eigenvalue weighted by molar-refractivity contribution is 9.10. The van der Waals surface area contributed by atoms with Crippen LogP contribution in [0.2, 0.25) is 10.0 Å². The van der Waals surface area contributed by atoms with E-state index in [2.05, 4.69) is 40.2 Å². The Balaban J connectivity index is 2.20. The van der Waals surface area contributed by atoms with Gasteiger partial charge in [0.25, 0.3) is 0 Å². The van der Waals surface area contributed by atoms with Gasteiger partial charge in [-0.15, -0.1) is 0 Å². The molecule has 0 aliphatic carbocycles. The molecule has 2 aromatic rings. The highest BCUT2D eigenvalue weighted by atomic mass is 79.9. The number of hydrogen-bond donors (Lipinski definition) is 1. The molecule has 1 aromatic heterocycles. The van der Waals surface area contributed by atoms with Crippen molar-refractivity contribution in [1.29, 1.82) is 0 Å². The van der Waals surface area contributed by atoms with Crippen LogP contribution in [0.5, 0.6) is 0 Å². The lowest BCUT2D eigenvalue weighted by atomic mass is 10.3. The first-order valence-corrected chi connectivity index (χ1v) is 8.04. The van der Waals surface area contributed by atoms with Crippen LogP contribution < -0.4 is 5.32 Å². The summed E-state index contributed by atoms with van der Waals surface area (Å²) in [6.07, 6.45) is 0.906. The van der Waals surface area contributed by atoms with E-state index in [0.717, 1.165) is 34.5 Å². The van der Waals surface area contributed by atoms with E-state index >= 15 is 0 Å². The second kappa shape index (κ2) is 6.83. The van der Waals surface area contributed by atoms with Crippen LogP contribution in [0.15, 0.2) is 22.7 Å². The van der Waals surface area contributed by atoms with Crippen molar-refractivity contribution in [1.82, 2.24) is 9.78 Å². The molecule has 1 aromatic carbocycles. The zero-order valence-corrected chi connectivity index (χ0v) is 14.5. The van der Waals surface area contributed by atoms with Gasteiger partial charge in [-0.05, 0) is 47.5 Å². The largest absolute Gasteiger partial charge is 0.379 e. The minimum Gasteiger partial charge on any atom is -0.379 e. The second-order valence-corrected chi connectivity index (χ2v) is 6.05. The Morgan fingerprint density at radius 3 is 2.40 bits per heavy atom. The smallest absolute Gasteiger partial charge is 0.0767 e. The molecule has 3 nitrogen and oxygen atoms in total. The molecule has 20 heavy (non-hydrogen) atoms. The molecule has 0 spiro atoms. The molecular formula is C14H16BrCl2N3. The summed E-state index contributed by atoms with van der Waals surface area (Å²) in [4.78, 5) is 0. The standard InChI is InChI=1S/C14H16BrCl2N3/c1-3-12-14(15)13(20(4-2)19-12)8-18-11-6-9(16)5-10(17)7-11/h5-7,18H,3-4,8H2,1-2H3. The highest BCUT2D eigenvalue weighted by Gasteiger charge is 2.13. The third-order valence-corrected chi connectivity index (χ3v) is 4.37. The van der Waals surface area contributed by atoms with E-state index < -0.39 is 0 Å². The van der Waals surface area contributed by atoms with Gasteiger partial charge in [-0.2, -0.15) is 5.10 Å². The van der Waals surface area contributed by atoms with Gasteiger partial charge in [0.2, 0.25) is 0 Å². The van der Waals surface area contributed by atoms with E-state index in [9.17, 15) is 0 Å². The molecule has 0 aliphatic heterocycles. The van der Waals surface area contributed by atoms with E-state index in [-0.39, 0.29) is 0 Å². The summed E-state index contributed by atoms with van der Waals surface area (Å²) in [5.41, 5.74) is 3.10. The van der Waals surface area contributed by atoms with Crippen LogP contribution in [-0.4, -0.2) is 9.78 Å². The number of halogens is 3. The molecule has 108 valence electrons. The SMILES string of the molecule is CCc1nn(CC)c(CNc2cc(Cl)cc(Cl)c2)c1Br. The number of rotatable bonds is 5. The molecule has 1 heterocycles. The van der Waals surface area contributed by atoms with Crippen LogP contribution in [0.3, 0.4) is 0 Å². The van der Waals surface area contributed by atoms with E-state index in [0.29, 0.717) is 16.6 Å². The molecule has 0 saturated heterocycles. The molecule has 1 N–H and O–H groups in total. The Labute approximate surface area is 137 Å². The van der Waals surface area contributed by atoms with E-state index in [4.69, 9.17) is 23.2 Å². The Morgan fingerprint density at radius 2 is 1.85 bits per heavy atom. The maximum absolute atomic E-state index is 6.00. The van der Waals surface area contributed by atoms with Crippen LogP contribution >= 0.6 is 39.1 Å². The summed E-state index contributed by atoms with van der Waals surface area (Å²) < 4.78 is 3.07. The fourth-order valence-electron chi connectivity index (χ4n) is 2.03. The molecule has 2 rings (SSSR count). The summed E-state index contributed by atoms with van der Waals surface area (Å²) in [6.45, 7) is 5.68. The number of hydrogen-bond acceptors (Lipinski definition) is 2. The first-order chi connectivity index (χ1) is 9.55. The second-order valence-electron chi connectivity index (χ2n) is 4.39. The highest BCUT2D eigenvalue weighted by Crippen LogP contribution is 2.26. The van der Waals surface area contributed by atoms with Gasteiger partial charge in [-0.25, -0.2) is 0 Å². The van der Waals surface area contributed by atoms with Gasteiger partial charge in [-0.1, -0.05) is 30.1 Å². The van der Waals surface area contributed by atoms with Crippen LogP contribution in [0.25, 0.3) is 0 Å². The number of anilines is 1. The lowest BCUT2D eigenvalue weighted by molar-refractivity contribution is 0.619. The predicted octanol–water partition coefficient (Wildman–Crippen LogP) is 5.15. The number of nitrogens with one attached hydrogen (secondary N) is 1. The molecule has 0 amide bonds. The molecule has 0 atom stereocenters. The number of aromatic nitrogens is 2. The van der Waals surface area contributed by atoms with Crippen molar-refractivity contribution in [2.75, 3.05) is 5.32 Å². The molecule has 0 saturated carbocycles. The summed E-state index contributed by atoms with van der Waals surface area (Å²) in [5, 5.41) is 9.15. The van der Waals surface area contributed by atoms with Crippen LogP contribution in [0.1, 0.15) is 25.2 Å². The predicted molar refractivity (Wildman–Crippen MR) is 88.8 cm³/mol. The van der Waals surface area contributed by atoms with E-state index in [1.165, 1.54) is 0 Å². The lowest BCUT2D eigenvalue weighted by Crippen LogP contribution is -2.08. The molecule has 0 unspecified atom stereocenters. The molecular weight excluding hydrogens is 361 g/mol. The maximum Gasteiger partial charge on any atom is 0.0767 e. The monoisotopic (exact) mass is 375 g/mol. The molecule has 0 fully saturated rings. The average Bonchev–Trinajstić information content (AvgIpc) is 2.71. The van der Waals surface area contributed by atoms with Crippen molar-refractivity contribution in [3.63, 3.8) is 0 Å². The van der Waals surface area contributed by atoms with Crippen molar-refractivity contribution >= 4 is 44.8 Å².